The average molecular weight is 374 g/mol. The van der Waals surface area contributed by atoms with Crippen LogP contribution in [0.3, 0.4) is 0 Å². The minimum atomic E-state index is -4.56. The first kappa shape index (κ1) is 16.8. The van der Waals surface area contributed by atoms with Gasteiger partial charge in [0, 0.05) is 20.1 Å². The molecule has 0 aromatic heterocycles. The molecule has 0 unspecified atom stereocenters. The molecule has 2 aromatic rings. The number of rotatable bonds is 2. The molecule has 2 rings (SSSR count). The lowest BCUT2D eigenvalue weighted by Gasteiger charge is -2.23. The molecule has 0 fully saturated rings. The Labute approximate surface area is 139 Å². The van der Waals surface area contributed by atoms with E-state index >= 15 is 0 Å². The van der Waals surface area contributed by atoms with Gasteiger partial charge in [0.25, 0.3) is 0 Å². The molecular weight excluding hydrogens is 367 g/mol. The lowest BCUT2D eigenvalue weighted by atomic mass is 9.90. The van der Waals surface area contributed by atoms with Crippen LogP contribution < -0.4 is 0 Å². The Hall–Kier alpha value is -0.610. The van der Waals surface area contributed by atoms with Crippen molar-refractivity contribution in [2.24, 2.45) is 0 Å². The fourth-order valence-electron chi connectivity index (χ4n) is 1.99. The van der Waals surface area contributed by atoms with Crippen molar-refractivity contribution in [2.45, 2.75) is 12.1 Å². The smallest absolute Gasteiger partial charge is 0.170 e. The Kier molecular flexibility index (Phi) is 4.99. The first-order chi connectivity index (χ1) is 9.70. The van der Waals surface area contributed by atoms with Crippen molar-refractivity contribution >= 4 is 46.4 Å². The van der Waals surface area contributed by atoms with Crippen LogP contribution in [0.15, 0.2) is 36.4 Å². The van der Waals surface area contributed by atoms with E-state index in [0.717, 1.165) is 0 Å². The molecule has 0 aliphatic heterocycles. The summed E-state index contributed by atoms with van der Waals surface area (Å²) in [6.45, 7) is 0. The number of hydrogen-bond donors (Lipinski definition) is 0. The zero-order chi connectivity index (χ0) is 15.8. The Morgan fingerprint density at radius 3 is 1.38 bits per heavy atom. The Balaban J connectivity index is 2.64. The van der Waals surface area contributed by atoms with Gasteiger partial charge in [-0.3, -0.25) is 0 Å². The van der Waals surface area contributed by atoms with E-state index in [0.29, 0.717) is 0 Å². The summed E-state index contributed by atoms with van der Waals surface area (Å²) in [5.41, 5.74) is -0.226. The van der Waals surface area contributed by atoms with Crippen molar-refractivity contribution in [1.29, 1.82) is 0 Å². The van der Waals surface area contributed by atoms with E-state index in [1.807, 2.05) is 0 Å². The van der Waals surface area contributed by atoms with Crippen molar-refractivity contribution < 1.29 is 13.2 Å². The Morgan fingerprint density at radius 2 is 1.10 bits per heavy atom. The highest BCUT2D eigenvalue weighted by molar-refractivity contribution is 6.36. The fraction of sp³-hybridized carbons (Fsp3) is 0.143. The number of alkyl halides is 3. The summed E-state index contributed by atoms with van der Waals surface area (Å²) in [5.74, 6) is -1.95. The zero-order valence-corrected chi connectivity index (χ0v) is 13.2. The van der Waals surface area contributed by atoms with Crippen molar-refractivity contribution in [1.82, 2.24) is 0 Å². The molecule has 0 amide bonds. The van der Waals surface area contributed by atoms with E-state index in [4.69, 9.17) is 46.4 Å². The predicted octanol–water partition coefficient (Wildman–Crippen LogP) is 6.99. The molecular formula is C14H7Cl4F3. The summed E-state index contributed by atoms with van der Waals surface area (Å²) >= 11 is 23.3. The molecule has 0 bridgehead atoms. The second kappa shape index (κ2) is 6.25. The summed E-state index contributed by atoms with van der Waals surface area (Å²) in [4.78, 5) is 0. The average Bonchev–Trinajstić information content (AvgIpc) is 2.33. The third-order valence-electron chi connectivity index (χ3n) is 2.87. The van der Waals surface area contributed by atoms with E-state index in [1.165, 1.54) is 36.4 Å². The summed E-state index contributed by atoms with van der Waals surface area (Å²) in [6, 6.07) is 7.72. The highest BCUT2D eigenvalue weighted by Gasteiger charge is 2.43. The SMILES string of the molecule is FC(F)(F)C(c1ccc(Cl)cc1Cl)c1ccc(Cl)cc1Cl. The molecule has 0 saturated heterocycles. The quantitative estimate of drug-likeness (QED) is 0.531. The van der Waals surface area contributed by atoms with Crippen LogP contribution >= 0.6 is 46.4 Å². The standard InChI is InChI=1S/C14H7Cl4F3/c15-7-1-3-9(11(17)5-7)13(14(19,20)21)10-4-2-8(16)6-12(10)18/h1-6,13H. The van der Waals surface area contributed by atoms with Gasteiger partial charge < -0.3 is 0 Å². The van der Waals surface area contributed by atoms with Crippen LogP contribution in [-0.4, -0.2) is 6.18 Å². The van der Waals surface area contributed by atoms with E-state index in [9.17, 15) is 13.2 Å². The third-order valence-corrected chi connectivity index (χ3v) is 4.00. The molecule has 0 nitrogen and oxygen atoms in total. The van der Waals surface area contributed by atoms with Crippen LogP contribution in [0.4, 0.5) is 13.2 Å². The van der Waals surface area contributed by atoms with E-state index in [-0.39, 0.29) is 31.2 Å². The fourth-order valence-corrected chi connectivity index (χ4v) is 3.03. The van der Waals surface area contributed by atoms with Gasteiger partial charge in [-0.2, -0.15) is 13.2 Å². The van der Waals surface area contributed by atoms with Gasteiger partial charge in [0.2, 0.25) is 0 Å². The van der Waals surface area contributed by atoms with Crippen LogP contribution in [0.25, 0.3) is 0 Å². The number of halogens is 7. The minimum Gasteiger partial charge on any atom is -0.170 e. The first-order valence-electron chi connectivity index (χ1n) is 5.66. The first-order valence-corrected chi connectivity index (χ1v) is 7.18. The maximum Gasteiger partial charge on any atom is 0.399 e. The number of hydrogen-bond acceptors (Lipinski definition) is 0. The molecule has 0 heterocycles. The molecule has 7 heteroatoms. The number of benzene rings is 2. The van der Waals surface area contributed by atoms with Crippen LogP contribution in [0.5, 0.6) is 0 Å². The van der Waals surface area contributed by atoms with Gasteiger partial charge in [-0.05, 0) is 35.4 Å². The minimum absolute atomic E-state index is 0.0733. The van der Waals surface area contributed by atoms with Crippen molar-refractivity contribution in [3.05, 3.63) is 67.6 Å². The Morgan fingerprint density at radius 1 is 0.714 bits per heavy atom. The van der Waals surface area contributed by atoms with Gasteiger partial charge in [0.15, 0.2) is 0 Å². The van der Waals surface area contributed by atoms with Gasteiger partial charge >= 0.3 is 6.18 Å². The zero-order valence-electron chi connectivity index (χ0n) is 10.2. The predicted molar refractivity (Wildman–Crippen MR) is 80.8 cm³/mol. The largest absolute Gasteiger partial charge is 0.399 e. The summed E-state index contributed by atoms with van der Waals surface area (Å²) in [7, 11) is 0. The molecule has 0 spiro atoms. The van der Waals surface area contributed by atoms with Gasteiger partial charge in [-0.1, -0.05) is 58.5 Å². The van der Waals surface area contributed by atoms with Gasteiger partial charge in [0.1, 0.15) is 5.92 Å². The molecule has 112 valence electrons. The van der Waals surface area contributed by atoms with Gasteiger partial charge in [-0.15, -0.1) is 0 Å². The van der Waals surface area contributed by atoms with E-state index in [2.05, 4.69) is 0 Å². The maximum absolute atomic E-state index is 13.5. The second-order valence-corrected chi connectivity index (χ2v) is 5.99. The molecule has 0 radical (unpaired) electrons. The normalized spacial score (nSPS) is 12.0. The second-order valence-electron chi connectivity index (χ2n) is 4.31. The highest BCUT2D eigenvalue weighted by atomic mass is 35.5. The highest BCUT2D eigenvalue weighted by Crippen LogP contribution is 2.45. The molecule has 0 saturated carbocycles. The van der Waals surface area contributed by atoms with Crippen molar-refractivity contribution in [2.75, 3.05) is 0 Å². The molecule has 0 aliphatic rings. The molecule has 0 aliphatic carbocycles. The molecule has 2 aromatic carbocycles. The van der Waals surface area contributed by atoms with Gasteiger partial charge in [0.05, 0.1) is 0 Å². The van der Waals surface area contributed by atoms with E-state index in [1.54, 1.807) is 0 Å². The lowest BCUT2D eigenvalue weighted by molar-refractivity contribution is -0.141. The Bertz CT molecular complexity index is 616. The maximum atomic E-state index is 13.5. The topological polar surface area (TPSA) is 0 Å². The molecule has 0 atom stereocenters. The monoisotopic (exact) mass is 372 g/mol. The summed E-state index contributed by atoms with van der Waals surface area (Å²) < 4.78 is 40.4. The molecule has 0 N–H and O–H groups in total. The molecule has 21 heavy (non-hydrogen) atoms. The van der Waals surface area contributed by atoms with Crippen LogP contribution in [-0.2, 0) is 0 Å². The lowest BCUT2D eigenvalue weighted by Crippen LogP contribution is -2.22. The van der Waals surface area contributed by atoms with Crippen molar-refractivity contribution in [3.63, 3.8) is 0 Å². The van der Waals surface area contributed by atoms with Crippen LogP contribution in [0, 0.1) is 0 Å². The summed E-state index contributed by atoms with van der Waals surface area (Å²) in [6.07, 6.45) is -4.56. The summed E-state index contributed by atoms with van der Waals surface area (Å²) in [5, 5.41) is 0.366. The van der Waals surface area contributed by atoms with Crippen molar-refractivity contribution in [3.8, 4) is 0 Å². The van der Waals surface area contributed by atoms with Crippen LogP contribution in [0.2, 0.25) is 20.1 Å². The van der Waals surface area contributed by atoms with Gasteiger partial charge in [-0.25, -0.2) is 0 Å². The van der Waals surface area contributed by atoms with E-state index < -0.39 is 12.1 Å². The third kappa shape index (κ3) is 3.78. The van der Waals surface area contributed by atoms with Crippen LogP contribution in [0.1, 0.15) is 17.0 Å².